The van der Waals surface area contributed by atoms with Crippen molar-refractivity contribution >= 4 is 10.9 Å². The normalized spacial score (nSPS) is 10.7. The van der Waals surface area contributed by atoms with E-state index in [4.69, 9.17) is 10.5 Å². The maximum atomic E-state index is 5.93. The van der Waals surface area contributed by atoms with Crippen molar-refractivity contribution in [3.8, 4) is 5.75 Å². The highest BCUT2D eigenvalue weighted by atomic mass is 16.5. The third-order valence-electron chi connectivity index (χ3n) is 3.28. The SMILES string of the molecule is NCc1cc(OCCc2ccccn2)c2ccccc2n1. The first-order valence-electron chi connectivity index (χ1n) is 6.98. The Balaban J connectivity index is 1.79. The third kappa shape index (κ3) is 3.17. The van der Waals surface area contributed by atoms with E-state index < -0.39 is 0 Å². The van der Waals surface area contributed by atoms with Crippen LogP contribution in [0.15, 0.2) is 54.7 Å². The molecule has 0 atom stereocenters. The zero-order valence-corrected chi connectivity index (χ0v) is 11.7. The lowest BCUT2D eigenvalue weighted by molar-refractivity contribution is 0.324. The van der Waals surface area contributed by atoms with Gasteiger partial charge >= 0.3 is 0 Å². The first-order chi connectivity index (χ1) is 10.4. The molecule has 4 nitrogen and oxygen atoms in total. The molecule has 21 heavy (non-hydrogen) atoms. The molecule has 3 aromatic rings. The van der Waals surface area contributed by atoms with Crippen LogP contribution in [0.3, 0.4) is 0 Å². The van der Waals surface area contributed by atoms with Crippen LogP contribution >= 0.6 is 0 Å². The first-order valence-corrected chi connectivity index (χ1v) is 6.98. The van der Waals surface area contributed by atoms with Crippen molar-refractivity contribution in [3.05, 3.63) is 66.1 Å². The summed E-state index contributed by atoms with van der Waals surface area (Å²) in [4.78, 5) is 8.80. The number of fused-ring (bicyclic) bond motifs is 1. The van der Waals surface area contributed by atoms with Gasteiger partial charge in [-0.2, -0.15) is 0 Å². The Bertz CT molecular complexity index is 728. The predicted octanol–water partition coefficient (Wildman–Crippen LogP) is 2.71. The number of hydrogen-bond acceptors (Lipinski definition) is 4. The van der Waals surface area contributed by atoms with Crippen LogP contribution in [0.25, 0.3) is 10.9 Å². The van der Waals surface area contributed by atoms with Crippen molar-refractivity contribution in [1.82, 2.24) is 9.97 Å². The summed E-state index contributed by atoms with van der Waals surface area (Å²) < 4.78 is 5.93. The summed E-state index contributed by atoms with van der Waals surface area (Å²) in [5, 5.41) is 1.01. The monoisotopic (exact) mass is 279 g/mol. The van der Waals surface area contributed by atoms with Gasteiger partial charge in [-0.15, -0.1) is 0 Å². The van der Waals surface area contributed by atoms with Gasteiger partial charge in [-0.3, -0.25) is 9.97 Å². The fourth-order valence-corrected chi connectivity index (χ4v) is 2.23. The van der Waals surface area contributed by atoms with Gasteiger partial charge in [0.25, 0.3) is 0 Å². The number of nitrogens with two attached hydrogens (primary N) is 1. The predicted molar refractivity (Wildman–Crippen MR) is 83.1 cm³/mol. The summed E-state index contributed by atoms with van der Waals surface area (Å²) in [7, 11) is 0. The van der Waals surface area contributed by atoms with E-state index in [-0.39, 0.29) is 0 Å². The second-order valence-electron chi connectivity index (χ2n) is 4.75. The third-order valence-corrected chi connectivity index (χ3v) is 3.28. The standard InChI is InChI=1S/C17H17N3O/c18-12-14-11-17(15-6-1-2-7-16(15)20-14)21-10-8-13-5-3-4-9-19-13/h1-7,9,11H,8,10,12,18H2. The maximum absolute atomic E-state index is 5.93. The van der Waals surface area contributed by atoms with Crippen LogP contribution in [0.1, 0.15) is 11.4 Å². The Morgan fingerprint density at radius 1 is 1.00 bits per heavy atom. The highest BCUT2D eigenvalue weighted by Gasteiger charge is 2.06. The summed E-state index contributed by atoms with van der Waals surface area (Å²) in [6, 6.07) is 15.7. The molecule has 0 bridgehead atoms. The molecule has 0 saturated carbocycles. The van der Waals surface area contributed by atoms with Gasteiger partial charge in [0.05, 0.1) is 17.8 Å². The Labute approximate surface area is 123 Å². The van der Waals surface area contributed by atoms with Crippen LogP contribution in [0.5, 0.6) is 5.75 Å². The van der Waals surface area contributed by atoms with Gasteiger partial charge < -0.3 is 10.5 Å². The van der Waals surface area contributed by atoms with Crippen molar-refractivity contribution in [2.75, 3.05) is 6.61 Å². The average molecular weight is 279 g/mol. The summed E-state index contributed by atoms with van der Waals surface area (Å²) in [5.74, 6) is 0.831. The van der Waals surface area contributed by atoms with E-state index in [2.05, 4.69) is 9.97 Å². The van der Waals surface area contributed by atoms with Gasteiger partial charge in [0, 0.05) is 36.3 Å². The second kappa shape index (κ2) is 6.33. The molecule has 4 heteroatoms. The van der Waals surface area contributed by atoms with Crippen LogP contribution in [0.2, 0.25) is 0 Å². The molecule has 2 aromatic heterocycles. The first kappa shape index (κ1) is 13.5. The summed E-state index contributed by atoms with van der Waals surface area (Å²) >= 11 is 0. The smallest absolute Gasteiger partial charge is 0.130 e. The van der Waals surface area contributed by atoms with Gasteiger partial charge in [-0.25, -0.2) is 0 Å². The fourth-order valence-electron chi connectivity index (χ4n) is 2.23. The molecule has 106 valence electrons. The van der Waals surface area contributed by atoms with Gasteiger partial charge in [0.15, 0.2) is 0 Å². The number of aromatic nitrogens is 2. The zero-order chi connectivity index (χ0) is 14.5. The molecule has 0 aliphatic heterocycles. The van der Waals surface area contributed by atoms with E-state index >= 15 is 0 Å². The molecule has 0 fully saturated rings. The lowest BCUT2D eigenvalue weighted by Crippen LogP contribution is -2.05. The van der Waals surface area contributed by atoms with Crippen molar-refractivity contribution in [1.29, 1.82) is 0 Å². The highest BCUT2D eigenvalue weighted by Crippen LogP contribution is 2.25. The number of pyridine rings is 2. The molecular weight excluding hydrogens is 262 g/mol. The van der Waals surface area contributed by atoms with Crippen molar-refractivity contribution < 1.29 is 4.74 Å². The number of hydrogen-bond donors (Lipinski definition) is 1. The van der Waals surface area contributed by atoms with E-state index in [1.807, 2.05) is 48.5 Å². The fraction of sp³-hybridized carbons (Fsp3) is 0.176. The molecule has 0 unspecified atom stereocenters. The largest absolute Gasteiger partial charge is 0.492 e. The zero-order valence-electron chi connectivity index (χ0n) is 11.7. The van der Waals surface area contributed by atoms with Gasteiger partial charge in [-0.05, 0) is 24.3 Å². The van der Waals surface area contributed by atoms with E-state index in [1.54, 1.807) is 6.20 Å². The van der Waals surface area contributed by atoms with E-state index in [1.165, 1.54) is 0 Å². The number of para-hydroxylation sites is 1. The Morgan fingerprint density at radius 3 is 2.67 bits per heavy atom. The molecule has 0 radical (unpaired) electrons. The van der Waals surface area contributed by atoms with E-state index in [9.17, 15) is 0 Å². The van der Waals surface area contributed by atoms with Crippen molar-refractivity contribution in [2.45, 2.75) is 13.0 Å². The van der Waals surface area contributed by atoms with Gasteiger partial charge in [-0.1, -0.05) is 18.2 Å². The minimum atomic E-state index is 0.404. The number of nitrogens with zero attached hydrogens (tertiary/aromatic N) is 2. The lowest BCUT2D eigenvalue weighted by Gasteiger charge is -2.10. The Hall–Kier alpha value is -2.46. The van der Waals surface area contributed by atoms with Gasteiger partial charge in [0.2, 0.25) is 0 Å². The molecule has 1 aromatic carbocycles. The summed E-state index contributed by atoms with van der Waals surface area (Å²) in [5.41, 5.74) is 8.47. The second-order valence-corrected chi connectivity index (χ2v) is 4.75. The van der Waals surface area contributed by atoms with Crippen LogP contribution in [-0.2, 0) is 13.0 Å². The van der Waals surface area contributed by atoms with E-state index in [0.29, 0.717) is 13.2 Å². The Morgan fingerprint density at radius 2 is 1.86 bits per heavy atom. The van der Waals surface area contributed by atoms with Crippen LogP contribution in [-0.4, -0.2) is 16.6 Å². The molecule has 0 aliphatic rings. The topological polar surface area (TPSA) is 61.0 Å². The summed E-state index contributed by atoms with van der Waals surface area (Å²) in [6.07, 6.45) is 2.57. The average Bonchev–Trinajstić information content (AvgIpc) is 2.55. The van der Waals surface area contributed by atoms with Crippen molar-refractivity contribution in [2.24, 2.45) is 5.73 Å². The summed E-state index contributed by atoms with van der Waals surface area (Å²) in [6.45, 7) is 0.983. The molecule has 0 amide bonds. The quantitative estimate of drug-likeness (QED) is 0.780. The highest BCUT2D eigenvalue weighted by molar-refractivity contribution is 5.85. The molecule has 2 N–H and O–H groups in total. The molecule has 3 rings (SSSR count). The number of rotatable bonds is 5. The number of ether oxygens (including phenoxy) is 1. The molecule has 0 spiro atoms. The number of benzene rings is 1. The molecule has 0 aliphatic carbocycles. The maximum Gasteiger partial charge on any atom is 0.130 e. The van der Waals surface area contributed by atoms with Crippen LogP contribution < -0.4 is 10.5 Å². The van der Waals surface area contributed by atoms with Crippen LogP contribution in [0, 0.1) is 0 Å². The minimum absolute atomic E-state index is 0.404. The lowest BCUT2D eigenvalue weighted by atomic mass is 10.2. The van der Waals surface area contributed by atoms with Crippen LogP contribution in [0.4, 0.5) is 0 Å². The Kier molecular flexibility index (Phi) is 4.07. The molecule has 0 saturated heterocycles. The molecular formula is C17H17N3O. The van der Waals surface area contributed by atoms with Crippen molar-refractivity contribution in [3.63, 3.8) is 0 Å². The molecule has 2 heterocycles. The minimum Gasteiger partial charge on any atom is -0.492 e. The van der Waals surface area contributed by atoms with E-state index in [0.717, 1.165) is 34.5 Å². The van der Waals surface area contributed by atoms with Gasteiger partial charge in [0.1, 0.15) is 5.75 Å².